The maximum atomic E-state index is 5.58. The molecule has 150 valence electrons. The molecule has 1 fully saturated rings. The largest absolute Gasteiger partial charge is 0.479 e. The monoisotopic (exact) mass is 401 g/mol. The molecule has 1 saturated carbocycles. The number of fused-ring (bicyclic) bond motifs is 2. The molecule has 5 heterocycles. The van der Waals surface area contributed by atoms with Crippen molar-refractivity contribution in [1.82, 2.24) is 34.3 Å². The normalized spacial score (nSPS) is 14.1. The summed E-state index contributed by atoms with van der Waals surface area (Å²) in [5.41, 5.74) is 5.37. The van der Waals surface area contributed by atoms with Gasteiger partial charge in [0.1, 0.15) is 17.7 Å². The van der Waals surface area contributed by atoms with Crippen LogP contribution in [0.3, 0.4) is 0 Å². The van der Waals surface area contributed by atoms with Crippen LogP contribution in [-0.4, -0.2) is 41.4 Å². The van der Waals surface area contributed by atoms with Crippen molar-refractivity contribution in [2.24, 2.45) is 0 Å². The molecule has 0 unspecified atom stereocenters. The van der Waals surface area contributed by atoms with Gasteiger partial charge in [-0.15, -0.1) is 0 Å². The molecule has 5 aromatic heterocycles. The van der Waals surface area contributed by atoms with Gasteiger partial charge in [-0.3, -0.25) is 0 Å². The fourth-order valence-electron chi connectivity index (χ4n) is 3.91. The average molecular weight is 401 g/mol. The number of pyridine rings is 1. The number of ether oxygens (including phenoxy) is 1. The second-order valence-electron chi connectivity index (χ2n) is 7.60. The van der Waals surface area contributed by atoms with Crippen LogP contribution in [0.4, 0.5) is 0 Å². The van der Waals surface area contributed by atoms with Gasteiger partial charge in [-0.05, 0) is 31.9 Å². The Morgan fingerprint density at radius 2 is 2.13 bits per heavy atom. The van der Waals surface area contributed by atoms with Crippen LogP contribution in [0.15, 0.2) is 41.4 Å². The number of aromatic nitrogens is 7. The molecule has 0 spiro atoms. The molecule has 0 amide bonds. The van der Waals surface area contributed by atoms with Gasteiger partial charge in [0.05, 0.1) is 24.9 Å². The quantitative estimate of drug-likeness (QED) is 0.445. The lowest BCUT2D eigenvalue weighted by Gasteiger charge is -2.06. The van der Waals surface area contributed by atoms with Crippen LogP contribution < -0.4 is 4.74 Å². The molecule has 0 aromatic carbocycles. The Morgan fingerprint density at radius 3 is 2.97 bits per heavy atom. The first-order valence-electron chi connectivity index (χ1n) is 9.86. The van der Waals surface area contributed by atoms with Crippen LogP contribution in [0.1, 0.15) is 36.0 Å². The highest BCUT2D eigenvalue weighted by Crippen LogP contribution is 2.39. The minimum absolute atomic E-state index is 0.518. The summed E-state index contributed by atoms with van der Waals surface area (Å²) in [5, 5.41) is 8.49. The molecule has 9 nitrogen and oxygen atoms in total. The number of aryl methyl sites for hydroxylation is 1. The third-order valence-corrected chi connectivity index (χ3v) is 5.61. The summed E-state index contributed by atoms with van der Waals surface area (Å²) in [4.78, 5) is 13.4. The smallest absolute Gasteiger partial charge is 0.241 e. The van der Waals surface area contributed by atoms with Crippen molar-refractivity contribution in [2.45, 2.75) is 32.2 Å². The van der Waals surface area contributed by atoms with E-state index in [-0.39, 0.29) is 0 Å². The number of methoxy groups -OCH3 is 1. The Hall–Kier alpha value is -3.75. The summed E-state index contributed by atoms with van der Waals surface area (Å²) < 4.78 is 14.9. The van der Waals surface area contributed by atoms with Gasteiger partial charge in [0, 0.05) is 35.5 Å². The zero-order chi connectivity index (χ0) is 20.2. The van der Waals surface area contributed by atoms with Crippen LogP contribution >= 0.6 is 0 Å². The lowest BCUT2D eigenvalue weighted by molar-refractivity contribution is 0.371. The third-order valence-electron chi connectivity index (χ3n) is 5.61. The number of hydrogen-bond donors (Lipinski definition) is 0. The zero-order valence-electron chi connectivity index (χ0n) is 16.6. The molecule has 1 aliphatic rings. The Labute approximate surface area is 171 Å². The van der Waals surface area contributed by atoms with Crippen LogP contribution in [0.5, 0.6) is 5.88 Å². The molecule has 0 aliphatic heterocycles. The Bertz CT molecular complexity index is 1390. The molecule has 0 radical (unpaired) electrons. The highest BCUT2D eigenvalue weighted by molar-refractivity contribution is 5.87. The van der Waals surface area contributed by atoms with Gasteiger partial charge in [-0.2, -0.15) is 10.1 Å². The van der Waals surface area contributed by atoms with Crippen LogP contribution in [0.25, 0.3) is 27.8 Å². The van der Waals surface area contributed by atoms with Crippen molar-refractivity contribution in [3.8, 4) is 17.0 Å². The minimum atomic E-state index is 0.518. The first-order chi connectivity index (χ1) is 14.7. The van der Waals surface area contributed by atoms with Gasteiger partial charge in [0.25, 0.3) is 0 Å². The first-order valence-corrected chi connectivity index (χ1v) is 9.86. The van der Waals surface area contributed by atoms with E-state index in [4.69, 9.17) is 9.26 Å². The van der Waals surface area contributed by atoms with E-state index in [2.05, 4.69) is 41.9 Å². The molecule has 1 aliphatic carbocycles. The minimum Gasteiger partial charge on any atom is -0.479 e. The van der Waals surface area contributed by atoms with Gasteiger partial charge >= 0.3 is 0 Å². The van der Waals surface area contributed by atoms with E-state index >= 15 is 0 Å². The van der Waals surface area contributed by atoms with Gasteiger partial charge in [-0.1, -0.05) is 5.16 Å². The second-order valence-corrected chi connectivity index (χ2v) is 7.60. The van der Waals surface area contributed by atoms with Crippen molar-refractivity contribution in [2.75, 3.05) is 7.11 Å². The summed E-state index contributed by atoms with van der Waals surface area (Å²) in [5.74, 6) is 2.79. The highest BCUT2D eigenvalue weighted by Gasteiger charge is 2.27. The first kappa shape index (κ1) is 17.1. The maximum absolute atomic E-state index is 5.58. The molecular weight excluding hydrogens is 382 g/mol. The van der Waals surface area contributed by atoms with E-state index in [1.807, 2.05) is 25.4 Å². The molecule has 0 N–H and O–H groups in total. The fourth-order valence-corrected chi connectivity index (χ4v) is 3.91. The number of rotatable bonds is 5. The second kappa shape index (κ2) is 6.38. The molecule has 0 saturated heterocycles. The summed E-state index contributed by atoms with van der Waals surface area (Å²) in [6.07, 6.45) is 7.58. The van der Waals surface area contributed by atoms with E-state index in [9.17, 15) is 0 Å². The topological polar surface area (TPSA) is 96.2 Å². The summed E-state index contributed by atoms with van der Waals surface area (Å²) in [6, 6.07) is 6.13. The summed E-state index contributed by atoms with van der Waals surface area (Å²) in [6.45, 7) is 2.54. The third kappa shape index (κ3) is 2.66. The van der Waals surface area contributed by atoms with Crippen molar-refractivity contribution in [3.05, 3.63) is 54.2 Å². The molecular formula is C21H19N7O2. The van der Waals surface area contributed by atoms with Crippen molar-refractivity contribution in [1.29, 1.82) is 0 Å². The van der Waals surface area contributed by atoms with Crippen LogP contribution in [0, 0.1) is 6.92 Å². The van der Waals surface area contributed by atoms with Gasteiger partial charge < -0.3 is 13.8 Å². The van der Waals surface area contributed by atoms with E-state index in [1.165, 1.54) is 19.2 Å². The average Bonchev–Trinajstić information content (AvgIpc) is 3.22. The lowest BCUT2D eigenvalue weighted by Crippen LogP contribution is -2.01. The molecule has 30 heavy (non-hydrogen) atoms. The molecule has 9 heteroatoms. The van der Waals surface area contributed by atoms with Crippen molar-refractivity contribution < 1.29 is 9.26 Å². The van der Waals surface area contributed by atoms with Crippen LogP contribution in [0.2, 0.25) is 0 Å². The molecule has 6 rings (SSSR count). The Balaban J connectivity index is 1.45. The van der Waals surface area contributed by atoms with Gasteiger partial charge in [0.2, 0.25) is 5.88 Å². The van der Waals surface area contributed by atoms with Crippen molar-refractivity contribution >= 4 is 16.7 Å². The Morgan fingerprint density at radius 1 is 1.23 bits per heavy atom. The highest BCUT2D eigenvalue weighted by atomic mass is 16.5. The predicted molar refractivity (Wildman–Crippen MR) is 108 cm³/mol. The predicted octanol–water partition coefficient (Wildman–Crippen LogP) is 3.37. The zero-order valence-corrected chi connectivity index (χ0v) is 16.6. The Kier molecular flexibility index (Phi) is 3.64. The molecule has 0 bridgehead atoms. The van der Waals surface area contributed by atoms with E-state index in [1.54, 1.807) is 11.6 Å². The van der Waals surface area contributed by atoms with E-state index in [0.717, 1.165) is 39.4 Å². The van der Waals surface area contributed by atoms with Gasteiger partial charge in [-0.25, -0.2) is 14.5 Å². The number of hydrogen-bond acceptors (Lipinski definition) is 7. The standard InChI is InChI=1S/C21H19N7O2/c1-12-25-20-18(27(12)10-15-8-17(26-30-15)13-3-4-13)7-14(9-22-20)16-5-6-28-19(16)21(29-2)23-11-24-28/h5-9,11,13H,3-4,10H2,1-2H3. The van der Waals surface area contributed by atoms with E-state index < -0.39 is 0 Å². The van der Waals surface area contributed by atoms with E-state index in [0.29, 0.717) is 24.0 Å². The van der Waals surface area contributed by atoms with Crippen molar-refractivity contribution in [3.63, 3.8) is 0 Å². The molecule has 5 aromatic rings. The molecule has 0 atom stereocenters. The maximum Gasteiger partial charge on any atom is 0.241 e. The summed E-state index contributed by atoms with van der Waals surface area (Å²) in [7, 11) is 1.60. The van der Waals surface area contributed by atoms with Gasteiger partial charge in [0.15, 0.2) is 11.4 Å². The fraction of sp³-hybridized carbons (Fsp3) is 0.286. The summed E-state index contributed by atoms with van der Waals surface area (Å²) >= 11 is 0. The number of nitrogens with zero attached hydrogens (tertiary/aromatic N) is 7. The van der Waals surface area contributed by atoms with Crippen LogP contribution in [-0.2, 0) is 6.54 Å². The SMILES string of the molecule is COc1ncnn2ccc(-c3cnc4nc(C)n(Cc5cc(C6CC6)no5)c4c3)c12. The number of imidazole rings is 1. The lowest BCUT2D eigenvalue weighted by atomic mass is 10.1.